The zero-order valence-corrected chi connectivity index (χ0v) is 18.9. The lowest BCUT2D eigenvalue weighted by molar-refractivity contribution is 0.0997. The van der Waals surface area contributed by atoms with E-state index in [9.17, 15) is 9.59 Å². The largest absolute Gasteiger partial charge is 0.366 e. The number of aromatic nitrogens is 1. The van der Waals surface area contributed by atoms with Crippen molar-refractivity contribution in [3.05, 3.63) is 59.4 Å². The van der Waals surface area contributed by atoms with Crippen LogP contribution in [-0.2, 0) is 13.1 Å². The van der Waals surface area contributed by atoms with Gasteiger partial charge in [0.2, 0.25) is 0 Å². The molecule has 0 atom stereocenters. The number of urea groups is 1. The standard InChI is InChI=1S/C26H30N4O2/c1-26(2,3)28-25(32)29-12-13-30-20(15-29)22(24(27)31)21(23(30)17-9-10-17)19-11-8-16-6-4-5-7-18(16)14-19/h4-8,11,14,17H,9-10,12-13,15H2,1-3H3,(H2,27,31)(H,28,32). The third kappa shape index (κ3) is 3.64. The van der Waals surface area contributed by atoms with Gasteiger partial charge < -0.3 is 20.5 Å². The van der Waals surface area contributed by atoms with E-state index in [4.69, 9.17) is 5.73 Å². The van der Waals surface area contributed by atoms with Gasteiger partial charge in [0.15, 0.2) is 0 Å². The lowest BCUT2D eigenvalue weighted by Crippen LogP contribution is -2.50. The Bertz CT molecular complexity index is 1230. The Kier molecular flexibility index (Phi) is 4.77. The summed E-state index contributed by atoms with van der Waals surface area (Å²) in [6.07, 6.45) is 2.24. The van der Waals surface area contributed by atoms with Crippen molar-refractivity contribution in [1.29, 1.82) is 0 Å². The molecular formula is C26H30N4O2. The maximum absolute atomic E-state index is 12.8. The molecular weight excluding hydrogens is 400 g/mol. The molecule has 32 heavy (non-hydrogen) atoms. The smallest absolute Gasteiger partial charge is 0.318 e. The minimum atomic E-state index is -0.429. The van der Waals surface area contributed by atoms with Crippen molar-refractivity contribution >= 4 is 22.7 Å². The van der Waals surface area contributed by atoms with Crippen LogP contribution < -0.4 is 11.1 Å². The van der Waals surface area contributed by atoms with Crippen LogP contribution in [0.25, 0.3) is 21.9 Å². The number of hydrogen-bond donors (Lipinski definition) is 2. The van der Waals surface area contributed by atoms with Gasteiger partial charge in [-0.1, -0.05) is 36.4 Å². The summed E-state index contributed by atoms with van der Waals surface area (Å²) in [4.78, 5) is 27.4. The van der Waals surface area contributed by atoms with E-state index in [1.54, 1.807) is 4.90 Å². The molecule has 1 aromatic heterocycles. The molecule has 5 rings (SSSR count). The molecule has 2 aliphatic rings. The second-order valence-corrected chi connectivity index (χ2v) is 10.0. The molecule has 1 saturated carbocycles. The Balaban J connectivity index is 1.64. The highest BCUT2D eigenvalue weighted by Crippen LogP contribution is 2.48. The summed E-state index contributed by atoms with van der Waals surface area (Å²) in [5.41, 5.74) is 10.3. The predicted molar refractivity (Wildman–Crippen MR) is 127 cm³/mol. The number of nitrogens with zero attached hydrogens (tertiary/aromatic N) is 2. The molecule has 6 heteroatoms. The van der Waals surface area contributed by atoms with Crippen LogP contribution >= 0.6 is 0 Å². The summed E-state index contributed by atoms with van der Waals surface area (Å²) in [7, 11) is 0. The number of primary amides is 1. The third-order valence-electron chi connectivity index (χ3n) is 6.36. The zero-order valence-electron chi connectivity index (χ0n) is 18.9. The average Bonchev–Trinajstić information content (AvgIpc) is 3.52. The number of rotatable bonds is 3. The molecule has 0 saturated heterocycles. The van der Waals surface area contributed by atoms with Crippen molar-refractivity contribution in [3.63, 3.8) is 0 Å². The van der Waals surface area contributed by atoms with E-state index in [2.05, 4.69) is 40.2 Å². The van der Waals surface area contributed by atoms with Crippen LogP contribution in [0.15, 0.2) is 42.5 Å². The molecule has 1 aliphatic heterocycles. The van der Waals surface area contributed by atoms with E-state index < -0.39 is 5.91 Å². The Labute approximate surface area is 188 Å². The fourth-order valence-corrected chi connectivity index (χ4v) is 4.84. The second kappa shape index (κ2) is 7.40. The van der Waals surface area contributed by atoms with Crippen molar-refractivity contribution in [2.45, 2.75) is 58.2 Å². The molecule has 0 spiro atoms. The fourth-order valence-electron chi connectivity index (χ4n) is 4.84. The van der Waals surface area contributed by atoms with Gasteiger partial charge in [-0.25, -0.2) is 4.79 Å². The Hall–Kier alpha value is -3.28. The van der Waals surface area contributed by atoms with Crippen molar-refractivity contribution in [2.24, 2.45) is 5.73 Å². The van der Waals surface area contributed by atoms with E-state index >= 15 is 0 Å². The van der Waals surface area contributed by atoms with Crippen LogP contribution in [0.5, 0.6) is 0 Å². The van der Waals surface area contributed by atoms with Crippen molar-refractivity contribution < 1.29 is 9.59 Å². The predicted octanol–water partition coefficient (Wildman–Crippen LogP) is 4.61. The minimum absolute atomic E-state index is 0.111. The Morgan fingerprint density at radius 1 is 1.03 bits per heavy atom. The first-order valence-corrected chi connectivity index (χ1v) is 11.3. The van der Waals surface area contributed by atoms with E-state index in [1.807, 2.05) is 32.9 Å². The second-order valence-electron chi connectivity index (χ2n) is 10.0. The van der Waals surface area contributed by atoms with Gasteiger partial charge in [0.05, 0.1) is 17.8 Å². The zero-order chi connectivity index (χ0) is 22.6. The fraction of sp³-hybridized carbons (Fsp3) is 0.385. The van der Waals surface area contributed by atoms with Crippen LogP contribution in [-0.4, -0.2) is 33.5 Å². The Morgan fingerprint density at radius 2 is 1.75 bits per heavy atom. The average molecular weight is 431 g/mol. The van der Waals surface area contributed by atoms with Gasteiger partial charge in [-0.2, -0.15) is 0 Å². The summed E-state index contributed by atoms with van der Waals surface area (Å²) in [6.45, 7) is 7.57. The van der Waals surface area contributed by atoms with E-state index in [-0.39, 0.29) is 11.6 Å². The number of amides is 3. The molecule has 166 valence electrons. The molecule has 0 bridgehead atoms. The van der Waals surface area contributed by atoms with Gasteiger partial charge in [0, 0.05) is 29.9 Å². The first-order chi connectivity index (χ1) is 15.2. The van der Waals surface area contributed by atoms with Gasteiger partial charge in [0.25, 0.3) is 5.91 Å². The van der Waals surface area contributed by atoms with Crippen LogP contribution in [0.1, 0.15) is 61.3 Å². The lowest BCUT2D eigenvalue weighted by Gasteiger charge is -2.33. The lowest BCUT2D eigenvalue weighted by atomic mass is 9.95. The van der Waals surface area contributed by atoms with Gasteiger partial charge in [-0.05, 0) is 61.9 Å². The summed E-state index contributed by atoms with van der Waals surface area (Å²) < 4.78 is 2.27. The molecule has 0 unspecified atom stereocenters. The molecule has 3 N–H and O–H groups in total. The molecule has 2 heterocycles. The quantitative estimate of drug-likeness (QED) is 0.636. The summed E-state index contributed by atoms with van der Waals surface area (Å²) in [5.74, 6) is 0.0140. The Morgan fingerprint density at radius 3 is 2.41 bits per heavy atom. The molecule has 6 nitrogen and oxygen atoms in total. The maximum atomic E-state index is 12.8. The molecule has 0 radical (unpaired) electrons. The first kappa shape index (κ1) is 20.6. The highest BCUT2D eigenvalue weighted by atomic mass is 16.2. The highest BCUT2D eigenvalue weighted by molar-refractivity contribution is 6.03. The van der Waals surface area contributed by atoms with Crippen molar-refractivity contribution in [1.82, 2.24) is 14.8 Å². The van der Waals surface area contributed by atoms with E-state index in [0.29, 0.717) is 31.1 Å². The van der Waals surface area contributed by atoms with Crippen LogP contribution in [0.4, 0.5) is 4.79 Å². The monoisotopic (exact) mass is 430 g/mol. The number of nitrogens with two attached hydrogens (primary N) is 1. The van der Waals surface area contributed by atoms with Crippen LogP contribution in [0.3, 0.4) is 0 Å². The first-order valence-electron chi connectivity index (χ1n) is 11.3. The normalized spacial score (nSPS) is 16.2. The van der Waals surface area contributed by atoms with Gasteiger partial charge in [0.1, 0.15) is 0 Å². The topological polar surface area (TPSA) is 80.4 Å². The molecule has 1 fully saturated rings. The minimum Gasteiger partial charge on any atom is -0.366 e. The van der Waals surface area contributed by atoms with Crippen LogP contribution in [0.2, 0.25) is 0 Å². The SMILES string of the molecule is CC(C)(C)NC(=O)N1CCn2c(c(C(N)=O)c(-c3ccc4ccccc4c3)c2C2CC2)C1. The summed E-state index contributed by atoms with van der Waals surface area (Å²) >= 11 is 0. The number of benzene rings is 2. The number of nitrogens with one attached hydrogen (secondary N) is 1. The number of carbonyl (C=O) groups is 2. The molecule has 2 aromatic carbocycles. The molecule has 3 aromatic rings. The molecule has 3 amide bonds. The number of hydrogen-bond acceptors (Lipinski definition) is 2. The number of fused-ring (bicyclic) bond motifs is 2. The highest BCUT2D eigenvalue weighted by Gasteiger charge is 2.38. The van der Waals surface area contributed by atoms with Gasteiger partial charge >= 0.3 is 6.03 Å². The summed E-state index contributed by atoms with van der Waals surface area (Å²) in [5, 5.41) is 5.34. The number of carbonyl (C=O) groups excluding carboxylic acids is 2. The third-order valence-corrected chi connectivity index (χ3v) is 6.36. The van der Waals surface area contributed by atoms with E-state index in [0.717, 1.165) is 35.0 Å². The molecule has 1 aliphatic carbocycles. The van der Waals surface area contributed by atoms with Gasteiger partial charge in [-0.15, -0.1) is 0 Å². The van der Waals surface area contributed by atoms with Crippen molar-refractivity contribution in [3.8, 4) is 11.1 Å². The van der Waals surface area contributed by atoms with E-state index in [1.165, 1.54) is 11.1 Å². The summed E-state index contributed by atoms with van der Waals surface area (Å²) in [6, 6.07) is 14.5. The maximum Gasteiger partial charge on any atom is 0.318 e. The van der Waals surface area contributed by atoms with Crippen LogP contribution in [0, 0.1) is 0 Å². The van der Waals surface area contributed by atoms with Gasteiger partial charge in [-0.3, -0.25) is 4.79 Å². The van der Waals surface area contributed by atoms with Crippen molar-refractivity contribution in [2.75, 3.05) is 6.54 Å².